The van der Waals surface area contributed by atoms with Crippen molar-refractivity contribution in [3.05, 3.63) is 35.1 Å². The van der Waals surface area contributed by atoms with Crippen molar-refractivity contribution in [2.24, 2.45) is 5.73 Å². The molecule has 2 N–H and O–H groups in total. The van der Waals surface area contributed by atoms with E-state index in [0.717, 1.165) is 34.0 Å². The molecule has 0 aliphatic rings. The number of nitrogens with zero attached hydrogens (tertiary/aromatic N) is 2. The fourth-order valence-corrected chi connectivity index (χ4v) is 2.78. The van der Waals surface area contributed by atoms with Crippen LogP contribution >= 0.6 is 23.6 Å². The molecule has 2 aromatic heterocycles. The Morgan fingerprint density at radius 2 is 2.12 bits per heavy atom. The zero-order valence-electron chi connectivity index (χ0n) is 9.51. The second-order valence-corrected chi connectivity index (χ2v) is 5.08. The van der Waals surface area contributed by atoms with Crippen molar-refractivity contribution >= 4 is 28.5 Å². The monoisotopic (exact) mass is 263 g/mol. The molecule has 0 spiro atoms. The van der Waals surface area contributed by atoms with E-state index in [1.54, 1.807) is 23.7 Å². The third-order valence-electron chi connectivity index (χ3n) is 2.34. The Hall–Kier alpha value is -1.33. The topological polar surface area (TPSA) is 51.8 Å². The molecule has 0 aromatic carbocycles. The highest BCUT2D eigenvalue weighted by molar-refractivity contribution is 7.81. The first-order valence-corrected chi connectivity index (χ1v) is 6.64. The average Bonchev–Trinajstić information content (AvgIpc) is 2.75. The van der Waals surface area contributed by atoms with E-state index in [9.17, 15) is 0 Å². The molecular formula is C12H13N3S2. The van der Waals surface area contributed by atoms with Crippen molar-refractivity contribution in [3.8, 4) is 10.6 Å². The van der Waals surface area contributed by atoms with Gasteiger partial charge in [0.2, 0.25) is 0 Å². The molecular weight excluding hydrogens is 250 g/mol. The number of rotatable bonds is 4. The predicted octanol–water partition coefficient (Wildman–Crippen LogP) is 2.79. The molecule has 5 heteroatoms. The summed E-state index contributed by atoms with van der Waals surface area (Å²) in [4.78, 5) is 9.99. The van der Waals surface area contributed by atoms with E-state index in [-0.39, 0.29) is 0 Å². The lowest BCUT2D eigenvalue weighted by Gasteiger charge is -1.96. The van der Waals surface area contributed by atoms with Gasteiger partial charge < -0.3 is 5.73 Å². The van der Waals surface area contributed by atoms with Gasteiger partial charge in [-0.25, -0.2) is 4.98 Å². The molecule has 88 valence electrons. The van der Waals surface area contributed by atoms with Crippen LogP contribution in [0.15, 0.2) is 24.5 Å². The van der Waals surface area contributed by atoms with Crippen LogP contribution in [-0.4, -0.2) is 15.0 Å². The Balaban J connectivity index is 2.44. The van der Waals surface area contributed by atoms with Crippen molar-refractivity contribution < 1.29 is 0 Å². The van der Waals surface area contributed by atoms with Crippen LogP contribution in [-0.2, 0) is 6.42 Å². The maximum Gasteiger partial charge on any atom is 0.124 e. The molecule has 3 nitrogen and oxygen atoms in total. The second kappa shape index (κ2) is 5.33. The first kappa shape index (κ1) is 12.1. The second-order valence-electron chi connectivity index (χ2n) is 3.64. The Bertz CT molecular complexity index is 520. The molecule has 0 amide bonds. The summed E-state index contributed by atoms with van der Waals surface area (Å²) >= 11 is 6.62. The first-order valence-electron chi connectivity index (χ1n) is 5.42. The van der Waals surface area contributed by atoms with Gasteiger partial charge in [-0.2, -0.15) is 0 Å². The third kappa shape index (κ3) is 2.68. The standard InChI is InChI=1S/C12H13N3S2/c1-2-3-9-10(11(13)16)17-12(15-9)8-4-6-14-7-5-8/h4-7H,2-3H2,1H3,(H2,13,16). The molecule has 17 heavy (non-hydrogen) atoms. The molecule has 0 aliphatic carbocycles. The molecule has 0 saturated carbocycles. The number of nitrogens with two attached hydrogens (primary N) is 1. The van der Waals surface area contributed by atoms with Crippen molar-refractivity contribution in [2.45, 2.75) is 19.8 Å². The Morgan fingerprint density at radius 3 is 2.71 bits per heavy atom. The first-order chi connectivity index (χ1) is 8.22. The molecule has 0 aliphatic heterocycles. The molecule has 0 bridgehead atoms. The van der Waals surface area contributed by atoms with Crippen LogP contribution in [0.5, 0.6) is 0 Å². The van der Waals surface area contributed by atoms with Crippen LogP contribution in [0.25, 0.3) is 10.6 Å². The SMILES string of the molecule is CCCc1nc(-c2ccncc2)sc1C(N)=S. The molecule has 0 radical (unpaired) electrons. The molecule has 2 heterocycles. The number of aryl methyl sites for hydroxylation is 1. The van der Waals surface area contributed by atoms with Gasteiger partial charge in [0.25, 0.3) is 0 Å². The average molecular weight is 263 g/mol. The molecule has 0 atom stereocenters. The van der Waals surface area contributed by atoms with Gasteiger partial charge in [0, 0.05) is 18.0 Å². The number of thiocarbonyl (C=S) groups is 1. The van der Waals surface area contributed by atoms with Gasteiger partial charge in [0.15, 0.2) is 0 Å². The lowest BCUT2D eigenvalue weighted by molar-refractivity contribution is 0.892. The Morgan fingerprint density at radius 1 is 1.41 bits per heavy atom. The Labute approximate surface area is 110 Å². The van der Waals surface area contributed by atoms with Gasteiger partial charge in [-0.3, -0.25) is 4.98 Å². The maximum atomic E-state index is 5.73. The highest BCUT2D eigenvalue weighted by Crippen LogP contribution is 2.28. The van der Waals surface area contributed by atoms with Crippen LogP contribution in [0.3, 0.4) is 0 Å². The van der Waals surface area contributed by atoms with E-state index in [4.69, 9.17) is 18.0 Å². The largest absolute Gasteiger partial charge is 0.389 e. The third-order valence-corrected chi connectivity index (χ3v) is 3.85. The normalized spacial score (nSPS) is 10.4. The maximum absolute atomic E-state index is 5.73. The fraction of sp³-hybridized carbons (Fsp3) is 0.250. The molecule has 0 fully saturated rings. The summed E-state index contributed by atoms with van der Waals surface area (Å²) in [6.45, 7) is 2.12. The van der Waals surface area contributed by atoms with E-state index in [1.807, 2.05) is 12.1 Å². The highest BCUT2D eigenvalue weighted by atomic mass is 32.1. The van der Waals surface area contributed by atoms with Gasteiger partial charge in [-0.1, -0.05) is 25.6 Å². The predicted molar refractivity (Wildman–Crippen MR) is 75.2 cm³/mol. The van der Waals surface area contributed by atoms with Crippen molar-refractivity contribution in [2.75, 3.05) is 0 Å². The summed E-state index contributed by atoms with van der Waals surface area (Å²) in [6, 6.07) is 3.88. The van der Waals surface area contributed by atoms with E-state index in [0.29, 0.717) is 4.99 Å². The van der Waals surface area contributed by atoms with Crippen LogP contribution in [0.4, 0.5) is 0 Å². The van der Waals surface area contributed by atoms with Crippen molar-refractivity contribution in [1.29, 1.82) is 0 Å². The summed E-state index contributed by atoms with van der Waals surface area (Å²) < 4.78 is 0. The fourth-order valence-electron chi connectivity index (χ4n) is 1.57. The summed E-state index contributed by atoms with van der Waals surface area (Å²) in [5, 5.41) is 0.957. The minimum absolute atomic E-state index is 0.436. The minimum Gasteiger partial charge on any atom is -0.389 e. The molecule has 2 aromatic rings. The highest BCUT2D eigenvalue weighted by Gasteiger charge is 2.13. The number of hydrogen-bond donors (Lipinski definition) is 1. The summed E-state index contributed by atoms with van der Waals surface area (Å²) in [6.07, 6.45) is 5.47. The molecule has 2 rings (SSSR count). The number of pyridine rings is 1. The van der Waals surface area contributed by atoms with E-state index in [2.05, 4.69) is 16.9 Å². The summed E-state index contributed by atoms with van der Waals surface area (Å²) in [7, 11) is 0. The zero-order valence-corrected chi connectivity index (χ0v) is 11.1. The van der Waals surface area contributed by atoms with Crippen LogP contribution in [0.2, 0.25) is 0 Å². The number of thiazole rings is 1. The van der Waals surface area contributed by atoms with Crippen molar-refractivity contribution in [1.82, 2.24) is 9.97 Å². The summed E-state index contributed by atoms with van der Waals surface area (Å²) in [5.74, 6) is 0. The molecule has 0 saturated heterocycles. The Kier molecular flexibility index (Phi) is 3.81. The minimum atomic E-state index is 0.436. The van der Waals surface area contributed by atoms with Gasteiger partial charge >= 0.3 is 0 Å². The van der Waals surface area contributed by atoms with Crippen LogP contribution in [0, 0.1) is 0 Å². The lowest BCUT2D eigenvalue weighted by Crippen LogP contribution is -2.09. The van der Waals surface area contributed by atoms with Crippen LogP contribution < -0.4 is 5.73 Å². The number of hydrogen-bond acceptors (Lipinski definition) is 4. The zero-order chi connectivity index (χ0) is 12.3. The number of aromatic nitrogens is 2. The van der Waals surface area contributed by atoms with E-state index in [1.165, 1.54) is 0 Å². The van der Waals surface area contributed by atoms with Gasteiger partial charge in [-0.15, -0.1) is 11.3 Å². The summed E-state index contributed by atoms with van der Waals surface area (Å²) in [5.41, 5.74) is 7.80. The molecule has 0 unspecified atom stereocenters. The lowest BCUT2D eigenvalue weighted by atomic mass is 10.2. The van der Waals surface area contributed by atoms with E-state index >= 15 is 0 Å². The quantitative estimate of drug-likeness (QED) is 0.862. The van der Waals surface area contributed by atoms with Gasteiger partial charge in [-0.05, 0) is 18.6 Å². The van der Waals surface area contributed by atoms with Gasteiger partial charge in [0.05, 0.1) is 10.6 Å². The van der Waals surface area contributed by atoms with E-state index < -0.39 is 0 Å². The van der Waals surface area contributed by atoms with Gasteiger partial charge in [0.1, 0.15) is 10.00 Å². The van der Waals surface area contributed by atoms with Crippen molar-refractivity contribution in [3.63, 3.8) is 0 Å². The van der Waals surface area contributed by atoms with Crippen LogP contribution in [0.1, 0.15) is 23.9 Å². The smallest absolute Gasteiger partial charge is 0.124 e.